The van der Waals surface area contributed by atoms with E-state index in [1.165, 1.54) is 12.1 Å². The molecule has 2 heterocycles. The largest absolute Gasteiger partial charge is 0.481 e. The SMILES string of the molecule is CCn1c(CO)nn(-c2cc(OC(CF)C(F)F)c3c(Oc4c(F)cc(C(=O)NCCO)cc4F)nccc3c2)c1=O. The van der Waals surface area contributed by atoms with Crippen molar-refractivity contribution in [3.05, 3.63) is 70.0 Å². The average Bonchev–Trinajstić information content (AvgIpc) is 3.30. The van der Waals surface area contributed by atoms with Crippen LogP contribution in [0.4, 0.5) is 22.0 Å². The van der Waals surface area contributed by atoms with Crippen molar-refractivity contribution in [3.8, 4) is 23.1 Å². The van der Waals surface area contributed by atoms with Gasteiger partial charge in [-0.2, -0.15) is 4.68 Å². The van der Waals surface area contributed by atoms with Crippen molar-refractivity contribution in [3.63, 3.8) is 0 Å². The van der Waals surface area contributed by atoms with E-state index in [-0.39, 0.29) is 35.4 Å². The zero-order chi connectivity index (χ0) is 30.6. The topological polar surface area (TPSA) is 141 Å². The number of pyridine rings is 1. The van der Waals surface area contributed by atoms with Gasteiger partial charge in [-0.1, -0.05) is 0 Å². The number of aliphatic hydroxyl groups excluding tert-OH is 2. The maximum atomic E-state index is 14.9. The lowest BCUT2D eigenvalue weighted by molar-refractivity contribution is -0.000434. The van der Waals surface area contributed by atoms with Gasteiger partial charge in [0, 0.05) is 30.9 Å². The number of nitrogens with zero attached hydrogens (tertiary/aromatic N) is 4. The second kappa shape index (κ2) is 12.9. The van der Waals surface area contributed by atoms with Gasteiger partial charge in [-0.05, 0) is 36.6 Å². The highest BCUT2D eigenvalue weighted by Gasteiger charge is 2.26. The number of ether oxygens (including phenoxy) is 2. The fourth-order valence-electron chi connectivity index (χ4n) is 4.03. The van der Waals surface area contributed by atoms with Crippen LogP contribution in [0.25, 0.3) is 16.5 Å². The van der Waals surface area contributed by atoms with Crippen LogP contribution in [-0.4, -0.2) is 67.8 Å². The number of hydrogen-bond donors (Lipinski definition) is 3. The number of rotatable bonds is 12. The number of alkyl halides is 3. The molecule has 1 atom stereocenters. The summed E-state index contributed by atoms with van der Waals surface area (Å²) in [5.74, 6) is -5.48. The Morgan fingerprint density at radius 2 is 1.86 bits per heavy atom. The maximum absolute atomic E-state index is 14.9. The first-order valence-electron chi connectivity index (χ1n) is 12.4. The number of fused-ring (bicyclic) bond motifs is 1. The van der Waals surface area contributed by atoms with E-state index in [0.29, 0.717) is 12.1 Å². The van der Waals surface area contributed by atoms with Crippen molar-refractivity contribution < 1.29 is 46.4 Å². The molecule has 16 heteroatoms. The number of hydrogen-bond acceptors (Lipinski definition) is 8. The van der Waals surface area contributed by atoms with Gasteiger partial charge >= 0.3 is 5.69 Å². The molecule has 0 fully saturated rings. The van der Waals surface area contributed by atoms with Gasteiger partial charge < -0.3 is 25.0 Å². The summed E-state index contributed by atoms with van der Waals surface area (Å²) in [7, 11) is 0. The molecule has 0 aliphatic heterocycles. The van der Waals surface area contributed by atoms with Crippen LogP contribution in [0.3, 0.4) is 0 Å². The molecule has 0 aliphatic carbocycles. The van der Waals surface area contributed by atoms with Crippen molar-refractivity contribution in [2.75, 3.05) is 19.8 Å². The van der Waals surface area contributed by atoms with E-state index in [1.807, 2.05) is 0 Å². The van der Waals surface area contributed by atoms with Crippen LogP contribution in [-0.2, 0) is 13.2 Å². The molecule has 4 aromatic rings. The summed E-state index contributed by atoms with van der Waals surface area (Å²) < 4.78 is 83.0. The zero-order valence-electron chi connectivity index (χ0n) is 21.9. The average molecular weight is 597 g/mol. The van der Waals surface area contributed by atoms with Gasteiger partial charge in [-0.15, -0.1) is 5.10 Å². The molecule has 1 unspecified atom stereocenters. The molecule has 2 aromatic heterocycles. The molecule has 1 amide bonds. The van der Waals surface area contributed by atoms with Crippen molar-refractivity contribution >= 4 is 16.7 Å². The minimum atomic E-state index is -3.28. The van der Waals surface area contributed by atoms with E-state index >= 15 is 0 Å². The first-order chi connectivity index (χ1) is 20.1. The summed E-state index contributed by atoms with van der Waals surface area (Å²) in [6.07, 6.45) is -4.39. The summed E-state index contributed by atoms with van der Waals surface area (Å²) in [6, 6.07) is 5.12. The summed E-state index contributed by atoms with van der Waals surface area (Å²) in [4.78, 5) is 28.9. The fraction of sp³-hybridized carbons (Fsp3) is 0.308. The van der Waals surface area contributed by atoms with Gasteiger partial charge in [-0.25, -0.2) is 31.7 Å². The summed E-state index contributed by atoms with van der Waals surface area (Å²) in [6.45, 7) is -0.955. The number of nitrogens with one attached hydrogen (secondary N) is 1. The first kappa shape index (κ1) is 30.4. The highest BCUT2D eigenvalue weighted by molar-refractivity contribution is 5.95. The Balaban J connectivity index is 1.87. The monoisotopic (exact) mass is 597 g/mol. The van der Waals surface area contributed by atoms with Crippen LogP contribution in [0.15, 0.2) is 41.3 Å². The van der Waals surface area contributed by atoms with Crippen LogP contribution >= 0.6 is 0 Å². The number of aromatic nitrogens is 4. The molecule has 2 aromatic carbocycles. The Labute approximate surface area is 233 Å². The molecule has 4 rings (SSSR count). The Bertz CT molecular complexity index is 1640. The predicted molar refractivity (Wildman–Crippen MR) is 137 cm³/mol. The number of halogens is 5. The Kier molecular flexibility index (Phi) is 9.37. The lowest BCUT2D eigenvalue weighted by Gasteiger charge is -2.19. The smallest absolute Gasteiger partial charge is 0.350 e. The van der Waals surface area contributed by atoms with Gasteiger partial charge in [0.1, 0.15) is 19.0 Å². The van der Waals surface area contributed by atoms with E-state index in [4.69, 9.17) is 14.6 Å². The molecule has 0 bridgehead atoms. The van der Waals surface area contributed by atoms with Gasteiger partial charge in [0.05, 0.1) is 17.7 Å². The van der Waals surface area contributed by atoms with Crippen LogP contribution in [0.1, 0.15) is 23.1 Å². The molecule has 0 saturated heterocycles. The molecule has 42 heavy (non-hydrogen) atoms. The quantitative estimate of drug-likeness (QED) is 0.212. The Hall–Kier alpha value is -4.57. The minimum absolute atomic E-state index is 0.0115. The molecule has 224 valence electrons. The summed E-state index contributed by atoms with van der Waals surface area (Å²) in [5, 5.41) is 24.6. The van der Waals surface area contributed by atoms with Crippen LogP contribution in [0.2, 0.25) is 0 Å². The second-order valence-electron chi connectivity index (χ2n) is 8.67. The first-order valence-corrected chi connectivity index (χ1v) is 12.4. The summed E-state index contributed by atoms with van der Waals surface area (Å²) >= 11 is 0. The standard InChI is InChI=1S/C26H24F5N5O6/c1-2-35-20(12-38)34-36(26(35)40)15-7-13-3-4-33-25(21(13)18(10-15)41-19(11-27)23(30)31)42-22-16(28)8-14(9-17(22)29)24(39)32-5-6-37/h3-4,7-10,19,23,37-38H,2,5-6,11-12H2,1H3,(H,32,39). The van der Waals surface area contributed by atoms with Crippen LogP contribution in [0.5, 0.6) is 17.4 Å². The Morgan fingerprint density at radius 1 is 1.14 bits per heavy atom. The van der Waals surface area contributed by atoms with Crippen molar-refractivity contribution in [2.24, 2.45) is 0 Å². The lowest BCUT2D eigenvalue weighted by Crippen LogP contribution is -2.28. The number of benzene rings is 2. The van der Waals surface area contributed by atoms with Gasteiger partial charge in [0.15, 0.2) is 23.6 Å². The van der Waals surface area contributed by atoms with Crippen molar-refractivity contribution in [2.45, 2.75) is 32.6 Å². The van der Waals surface area contributed by atoms with Crippen molar-refractivity contribution in [1.29, 1.82) is 0 Å². The third-order valence-corrected chi connectivity index (χ3v) is 5.99. The van der Waals surface area contributed by atoms with E-state index in [2.05, 4.69) is 15.4 Å². The number of aliphatic hydroxyl groups is 2. The van der Waals surface area contributed by atoms with Gasteiger partial charge in [0.2, 0.25) is 11.6 Å². The minimum Gasteiger partial charge on any atom is -0.481 e. The molecule has 0 aliphatic rings. The van der Waals surface area contributed by atoms with Crippen LogP contribution < -0.4 is 20.5 Å². The number of carbonyl (C=O) groups is 1. The van der Waals surface area contributed by atoms with Crippen molar-refractivity contribution in [1.82, 2.24) is 24.6 Å². The Morgan fingerprint density at radius 3 is 2.43 bits per heavy atom. The molecular weight excluding hydrogens is 573 g/mol. The van der Waals surface area contributed by atoms with E-state index in [9.17, 15) is 36.6 Å². The number of amides is 1. The van der Waals surface area contributed by atoms with E-state index in [1.54, 1.807) is 6.92 Å². The fourth-order valence-corrected chi connectivity index (χ4v) is 4.03. The molecule has 0 radical (unpaired) electrons. The van der Waals surface area contributed by atoms with Gasteiger partial charge in [0.25, 0.3) is 12.3 Å². The third-order valence-electron chi connectivity index (χ3n) is 5.99. The molecule has 3 N–H and O–H groups in total. The summed E-state index contributed by atoms with van der Waals surface area (Å²) in [5.41, 5.74) is -1.11. The zero-order valence-corrected chi connectivity index (χ0v) is 21.9. The predicted octanol–water partition coefficient (Wildman–Crippen LogP) is 2.87. The molecule has 11 nitrogen and oxygen atoms in total. The molecule has 0 saturated carbocycles. The molecular formula is C26H24F5N5O6. The van der Waals surface area contributed by atoms with E-state index in [0.717, 1.165) is 21.5 Å². The number of carbonyl (C=O) groups excluding carboxylic acids is 1. The second-order valence-corrected chi connectivity index (χ2v) is 8.67. The third kappa shape index (κ3) is 6.03. The normalized spacial score (nSPS) is 12.1. The van der Waals surface area contributed by atoms with Gasteiger partial charge in [-0.3, -0.25) is 9.36 Å². The van der Waals surface area contributed by atoms with E-state index < -0.39 is 78.6 Å². The highest BCUT2D eigenvalue weighted by atomic mass is 19.3. The van der Waals surface area contributed by atoms with Crippen LogP contribution in [0, 0.1) is 11.6 Å². The highest BCUT2D eigenvalue weighted by Crippen LogP contribution is 2.39. The lowest BCUT2D eigenvalue weighted by atomic mass is 10.1. The maximum Gasteiger partial charge on any atom is 0.350 e. The molecule has 0 spiro atoms.